The molecular formula is C10H11NO3S. The van der Waals surface area contributed by atoms with E-state index in [0.717, 1.165) is 0 Å². The van der Waals surface area contributed by atoms with Crippen molar-refractivity contribution in [2.45, 2.75) is 18.5 Å². The molecule has 0 amide bonds. The van der Waals surface area contributed by atoms with Crippen molar-refractivity contribution < 1.29 is 13.2 Å². The zero-order valence-corrected chi connectivity index (χ0v) is 9.06. The van der Waals surface area contributed by atoms with E-state index in [9.17, 15) is 8.42 Å². The lowest BCUT2D eigenvalue weighted by atomic mass is 10.1. The minimum atomic E-state index is -2.66. The summed E-state index contributed by atoms with van der Waals surface area (Å²) in [5.41, 5.74) is -0.298. The molecule has 0 aliphatic carbocycles. The van der Waals surface area contributed by atoms with Gasteiger partial charge >= 0.3 is 0 Å². The van der Waals surface area contributed by atoms with Crippen LogP contribution in [0.2, 0.25) is 0 Å². The molecule has 0 aliphatic heterocycles. The van der Waals surface area contributed by atoms with E-state index in [2.05, 4.69) is 0 Å². The third-order valence-corrected chi connectivity index (χ3v) is 2.56. The number of hydrogen-bond donors (Lipinski definition) is 1. The maximum absolute atomic E-state index is 10.6. The summed E-state index contributed by atoms with van der Waals surface area (Å²) in [4.78, 5) is 0. The number of nitrogens with zero attached hydrogens (tertiary/aromatic N) is 1. The average Bonchev–Trinajstić information content (AvgIpc) is 2.26. The van der Waals surface area contributed by atoms with E-state index in [1.54, 1.807) is 24.3 Å². The van der Waals surface area contributed by atoms with Gasteiger partial charge in [-0.2, -0.15) is 5.26 Å². The van der Waals surface area contributed by atoms with Crippen molar-refractivity contribution in [1.82, 2.24) is 0 Å². The standard InChI is InChI=1S/C10H11NO3S/c1-8(15(12)13)14-10(7-11)9-5-3-2-4-6-9/h2-6,8,10,15H,1H3/t8?,10-/m0/s1. The third kappa shape index (κ3) is 3.35. The second-order valence-electron chi connectivity index (χ2n) is 2.94. The molecule has 0 aromatic heterocycles. The molecule has 15 heavy (non-hydrogen) atoms. The average molecular weight is 225 g/mol. The summed E-state index contributed by atoms with van der Waals surface area (Å²) in [6.07, 6.45) is -0.839. The van der Waals surface area contributed by atoms with Crippen molar-refractivity contribution in [2.75, 3.05) is 0 Å². The lowest BCUT2D eigenvalue weighted by Crippen LogP contribution is -2.13. The van der Waals surface area contributed by atoms with Crippen LogP contribution in [-0.2, 0) is 15.4 Å². The van der Waals surface area contributed by atoms with E-state index in [1.165, 1.54) is 6.92 Å². The molecule has 0 fully saturated rings. The van der Waals surface area contributed by atoms with E-state index in [4.69, 9.17) is 10.00 Å². The van der Waals surface area contributed by atoms with Crippen LogP contribution in [0.25, 0.3) is 0 Å². The van der Waals surface area contributed by atoms with Crippen molar-refractivity contribution in [2.24, 2.45) is 0 Å². The van der Waals surface area contributed by atoms with E-state index in [1.807, 2.05) is 12.1 Å². The first kappa shape index (κ1) is 11.7. The Morgan fingerprint density at radius 1 is 1.33 bits per heavy atom. The molecule has 0 heterocycles. The fourth-order valence-electron chi connectivity index (χ4n) is 1.06. The van der Waals surface area contributed by atoms with E-state index in [0.29, 0.717) is 5.56 Å². The molecule has 0 saturated heterocycles. The van der Waals surface area contributed by atoms with Gasteiger partial charge in [-0.1, -0.05) is 30.3 Å². The normalized spacial score (nSPS) is 14.5. The van der Waals surface area contributed by atoms with E-state index in [-0.39, 0.29) is 0 Å². The number of ether oxygens (including phenoxy) is 1. The van der Waals surface area contributed by atoms with Crippen LogP contribution in [0.3, 0.4) is 0 Å². The number of rotatable bonds is 4. The zero-order valence-electron chi connectivity index (χ0n) is 8.16. The molecule has 0 saturated carbocycles. The third-order valence-electron chi connectivity index (χ3n) is 1.85. The fourth-order valence-corrected chi connectivity index (χ4v) is 1.28. The molecule has 1 aromatic carbocycles. The Bertz CT molecular complexity index is 414. The summed E-state index contributed by atoms with van der Waals surface area (Å²) in [5.74, 6) is 0. The number of thiol groups is 1. The first-order chi connectivity index (χ1) is 7.15. The Morgan fingerprint density at radius 2 is 1.93 bits per heavy atom. The van der Waals surface area contributed by atoms with Gasteiger partial charge in [0.15, 0.2) is 22.2 Å². The minimum Gasteiger partial charge on any atom is -0.340 e. The highest BCUT2D eigenvalue weighted by atomic mass is 32.2. The number of benzene rings is 1. The monoisotopic (exact) mass is 225 g/mol. The van der Waals surface area contributed by atoms with E-state index < -0.39 is 22.2 Å². The molecule has 0 spiro atoms. The first-order valence-corrected chi connectivity index (χ1v) is 5.63. The topological polar surface area (TPSA) is 67.2 Å². The van der Waals surface area contributed by atoms with Crippen molar-refractivity contribution in [1.29, 1.82) is 5.26 Å². The maximum atomic E-state index is 10.6. The van der Waals surface area contributed by atoms with Gasteiger partial charge in [-0.3, -0.25) is 0 Å². The summed E-state index contributed by atoms with van der Waals surface area (Å²) in [7, 11) is -2.66. The Labute approximate surface area is 90.1 Å². The molecule has 1 rings (SSSR count). The molecular weight excluding hydrogens is 214 g/mol. The summed E-state index contributed by atoms with van der Waals surface area (Å²) in [5, 5.41) is 8.84. The van der Waals surface area contributed by atoms with Gasteiger partial charge in [0.05, 0.1) is 6.07 Å². The van der Waals surface area contributed by atoms with Crippen LogP contribution in [0.15, 0.2) is 30.3 Å². The molecule has 4 nitrogen and oxygen atoms in total. The zero-order chi connectivity index (χ0) is 11.3. The number of hydrogen-bond acceptors (Lipinski definition) is 4. The van der Waals surface area contributed by atoms with Crippen LogP contribution in [0.4, 0.5) is 0 Å². The maximum Gasteiger partial charge on any atom is 0.170 e. The van der Waals surface area contributed by atoms with Gasteiger partial charge in [0, 0.05) is 0 Å². The van der Waals surface area contributed by atoms with Crippen molar-refractivity contribution >= 4 is 10.7 Å². The summed E-state index contributed by atoms with van der Waals surface area (Å²) >= 11 is 0. The lowest BCUT2D eigenvalue weighted by Gasteiger charge is -2.12. The molecule has 0 N–H and O–H groups in total. The Hall–Kier alpha value is -1.38. The van der Waals surface area contributed by atoms with Crippen molar-refractivity contribution in [3.05, 3.63) is 35.9 Å². The van der Waals surface area contributed by atoms with Crippen molar-refractivity contribution in [3.63, 3.8) is 0 Å². The van der Waals surface area contributed by atoms with Gasteiger partial charge in [0.25, 0.3) is 0 Å². The van der Waals surface area contributed by atoms with Gasteiger partial charge < -0.3 is 4.74 Å². The number of nitriles is 1. The smallest absolute Gasteiger partial charge is 0.170 e. The molecule has 5 heteroatoms. The first-order valence-electron chi connectivity index (χ1n) is 4.38. The molecule has 2 atom stereocenters. The molecule has 80 valence electrons. The van der Waals surface area contributed by atoms with Crippen molar-refractivity contribution in [3.8, 4) is 6.07 Å². The quantitative estimate of drug-likeness (QED) is 0.782. The van der Waals surface area contributed by atoms with Gasteiger partial charge in [0.2, 0.25) is 0 Å². The second-order valence-corrected chi connectivity index (χ2v) is 4.24. The van der Waals surface area contributed by atoms with Crippen LogP contribution in [-0.4, -0.2) is 13.9 Å². The minimum absolute atomic E-state index is 0.656. The van der Waals surface area contributed by atoms with E-state index >= 15 is 0 Å². The molecule has 1 unspecified atom stereocenters. The summed E-state index contributed by atoms with van der Waals surface area (Å²) in [6, 6.07) is 10.7. The highest BCUT2D eigenvalue weighted by Gasteiger charge is 2.15. The van der Waals surface area contributed by atoms with Crippen LogP contribution in [0.5, 0.6) is 0 Å². The molecule has 0 aliphatic rings. The molecule has 0 bridgehead atoms. The molecule has 1 aromatic rings. The van der Waals surface area contributed by atoms with Crippen LogP contribution >= 0.6 is 0 Å². The highest BCUT2D eigenvalue weighted by molar-refractivity contribution is 7.72. The summed E-state index contributed by atoms with van der Waals surface area (Å²) in [6.45, 7) is 1.40. The summed E-state index contributed by atoms with van der Waals surface area (Å²) < 4.78 is 26.3. The van der Waals surface area contributed by atoms with Gasteiger partial charge in [0.1, 0.15) is 0 Å². The van der Waals surface area contributed by atoms with Gasteiger partial charge in [-0.05, 0) is 12.5 Å². The second kappa shape index (κ2) is 5.49. The highest BCUT2D eigenvalue weighted by Crippen LogP contribution is 2.17. The SMILES string of the molecule is CC(O[C@@H](C#N)c1ccccc1)[SH](=O)=O. The van der Waals surface area contributed by atoms with Crippen LogP contribution < -0.4 is 0 Å². The van der Waals surface area contributed by atoms with Gasteiger partial charge in [-0.15, -0.1) is 0 Å². The predicted octanol–water partition coefficient (Wildman–Crippen LogP) is 1.23. The Morgan fingerprint density at radius 3 is 2.40 bits per heavy atom. The van der Waals surface area contributed by atoms with Crippen LogP contribution in [0.1, 0.15) is 18.6 Å². The molecule has 0 radical (unpaired) electrons. The fraction of sp³-hybridized carbons (Fsp3) is 0.300. The van der Waals surface area contributed by atoms with Crippen LogP contribution in [0, 0.1) is 11.3 Å². The van der Waals surface area contributed by atoms with Gasteiger partial charge in [-0.25, -0.2) is 8.42 Å². The predicted molar refractivity (Wildman–Crippen MR) is 55.7 cm³/mol. The largest absolute Gasteiger partial charge is 0.340 e. The Kier molecular flexibility index (Phi) is 4.28. The lowest BCUT2D eigenvalue weighted by molar-refractivity contribution is 0.0760. The Balaban J connectivity index is 2.79.